The van der Waals surface area contributed by atoms with Crippen molar-refractivity contribution < 1.29 is 0 Å². The average molecular weight is 220 g/mol. The van der Waals surface area contributed by atoms with Crippen LogP contribution in [-0.4, -0.2) is 4.98 Å². The summed E-state index contributed by atoms with van der Waals surface area (Å²) < 4.78 is 0. The van der Waals surface area contributed by atoms with Crippen LogP contribution >= 0.6 is 11.6 Å². The molecular formula is C13H14ClN. The summed E-state index contributed by atoms with van der Waals surface area (Å²) in [6.45, 7) is 6.38. The molecular weight excluding hydrogens is 206 g/mol. The van der Waals surface area contributed by atoms with E-state index in [4.69, 9.17) is 11.6 Å². The third-order valence-electron chi connectivity index (χ3n) is 2.60. The number of hydrogen-bond acceptors (Lipinski definition) is 1. The van der Waals surface area contributed by atoms with E-state index in [2.05, 4.69) is 44.0 Å². The van der Waals surface area contributed by atoms with Crippen LogP contribution < -0.4 is 0 Å². The van der Waals surface area contributed by atoms with Crippen molar-refractivity contribution in [2.24, 2.45) is 0 Å². The molecule has 2 aromatic rings. The fourth-order valence-corrected chi connectivity index (χ4v) is 2.26. The topological polar surface area (TPSA) is 12.9 Å². The second-order valence-corrected chi connectivity index (χ2v) is 4.60. The number of rotatable bonds is 1. The lowest BCUT2D eigenvalue weighted by atomic mass is 9.98. The molecule has 0 aliphatic heterocycles. The summed E-state index contributed by atoms with van der Waals surface area (Å²) in [5, 5.41) is 1.93. The van der Waals surface area contributed by atoms with E-state index < -0.39 is 0 Å². The molecule has 0 spiro atoms. The number of benzene rings is 1. The van der Waals surface area contributed by atoms with Gasteiger partial charge in [-0.1, -0.05) is 37.6 Å². The number of nitrogens with zero attached hydrogens (tertiary/aromatic N) is 1. The normalized spacial score (nSPS) is 11.3. The highest BCUT2D eigenvalue weighted by molar-refractivity contribution is 6.32. The Kier molecular flexibility index (Phi) is 2.66. The minimum atomic E-state index is 0.422. The Morgan fingerprint density at radius 1 is 1.27 bits per heavy atom. The molecule has 0 saturated carbocycles. The van der Waals surface area contributed by atoms with Crippen molar-refractivity contribution >= 4 is 22.5 Å². The second kappa shape index (κ2) is 3.82. The molecule has 2 heteroatoms. The van der Waals surface area contributed by atoms with Gasteiger partial charge >= 0.3 is 0 Å². The van der Waals surface area contributed by atoms with E-state index in [1.807, 2.05) is 0 Å². The van der Waals surface area contributed by atoms with Gasteiger partial charge in [0.2, 0.25) is 0 Å². The molecule has 0 aliphatic rings. The van der Waals surface area contributed by atoms with E-state index in [0.717, 1.165) is 10.5 Å². The highest BCUT2D eigenvalue weighted by Gasteiger charge is 2.10. The summed E-state index contributed by atoms with van der Waals surface area (Å²) in [5.74, 6) is 0.422. The maximum absolute atomic E-state index is 6.18. The molecule has 1 nitrogen and oxygen atoms in total. The van der Waals surface area contributed by atoms with Crippen molar-refractivity contribution in [1.29, 1.82) is 0 Å². The van der Waals surface area contributed by atoms with Crippen molar-refractivity contribution in [3.8, 4) is 0 Å². The number of hydrogen-bond donors (Lipinski definition) is 0. The molecule has 0 saturated heterocycles. The van der Waals surface area contributed by atoms with Gasteiger partial charge in [0.25, 0.3) is 0 Å². The van der Waals surface area contributed by atoms with Gasteiger partial charge in [-0.2, -0.15) is 0 Å². The van der Waals surface area contributed by atoms with Crippen LogP contribution in [0.25, 0.3) is 10.9 Å². The lowest BCUT2D eigenvalue weighted by molar-refractivity contribution is 0.874. The molecule has 1 aromatic carbocycles. The van der Waals surface area contributed by atoms with Gasteiger partial charge in [0.05, 0.1) is 10.5 Å². The second-order valence-electron chi connectivity index (χ2n) is 4.20. The minimum Gasteiger partial charge on any atom is -0.255 e. The number of fused-ring (bicyclic) bond motifs is 1. The molecule has 0 bridgehead atoms. The summed E-state index contributed by atoms with van der Waals surface area (Å²) in [7, 11) is 0. The lowest BCUT2D eigenvalue weighted by Crippen LogP contribution is -1.93. The zero-order chi connectivity index (χ0) is 11.0. The maximum Gasteiger partial charge on any atom is 0.0708 e. The van der Waals surface area contributed by atoms with Crippen molar-refractivity contribution in [3.63, 3.8) is 0 Å². The van der Waals surface area contributed by atoms with Crippen LogP contribution in [0.1, 0.15) is 30.9 Å². The number of aromatic nitrogens is 1. The van der Waals surface area contributed by atoms with Crippen LogP contribution in [0.2, 0.25) is 5.02 Å². The van der Waals surface area contributed by atoms with Crippen molar-refractivity contribution in [3.05, 3.63) is 40.5 Å². The molecule has 0 aliphatic carbocycles. The summed E-state index contributed by atoms with van der Waals surface area (Å²) in [4.78, 5) is 4.35. The zero-order valence-corrected chi connectivity index (χ0v) is 9.97. The maximum atomic E-state index is 6.18. The first-order valence-electron chi connectivity index (χ1n) is 5.14. The van der Waals surface area contributed by atoms with E-state index in [-0.39, 0.29) is 0 Å². The Balaban J connectivity index is 2.82. The molecule has 1 heterocycles. The lowest BCUT2D eigenvalue weighted by Gasteiger charge is -2.11. The van der Waals surface area contributed by atoms with E-state index in [0.29, 0.717) is 5.92 Å². The summed E-state index contributed by atoms with van der Waals surface area (Å²) in [6.07, 6.45) is 1.75. The van der Waals surface area contributed by atoms with Gasteiger partial charge in [-0.25, -0.2) is 0 Å². The van der Waals surface area contributed by atoms with Gasteiger partial charge in [-0.15, -0.1) is 0 Å². The van der Waals surface area contributed by atoms with Gasteiger partial charge in [0, 0.05) is 11.6 Å². The Labute approximate surface area is 95.1 Å². The van der Waals surface area contributed by atoms with Crippen LogP contribution in [0.15, 0.2) is 24.4 Å². The van der Waals surface area contributed by atoms with Gasteiger partial charge < -0.3 is 0 Å². The van der Waals surface area contributed by atoms with Crippen molar-refractivity contribution in [2.75, 3.05) is 0 Å². The standard InChI is InChI=1S/C13H14ClN/c1-8(2)13-10-5-4-9(3)6-12(10)15-7-11(13)14/h4-8H,1-3H3. The van der Waals surface area contributed by atoms with Crippen LogP contribution in [0, 0.1) is 6.92 Å². The van der Waals surface area contributed by atoms with Crippen molar-refractivity contribution in [1.82, 2.24) is 4.98 Å². The van der Waals surface area contributed by atoms with E-state index in [1.54, 1.807) is 6.20 Å². The van der Waals surface area contributed by atoms with Gasteiger partial charge in [-0.3, -0.25) is 4.98 Å². The number of halogens is 1. The molecule has 0 N–H and O–H groups in total. The van der Waals surface area contributed by atoms with E-state index in [9.17, 15) is 0 Å². The fraction of sp³-hybridized carbons (Fsp3) is 0.308. The first-order valence-corrected chi connectivity index (χ1v) is 5.52. The quantitative estimate of drug-likeness (QED) is 0.696. The zero-order valence-electron chi connectivity index (χ0n) is 9.21. The molecule has 0 unspecified atom stereocenters. The van der Waals surface area contributed by atoms with Crippen LogP contribution in [-0.2, 0) is 0 Å². The van der Waals surface area contributed by atoms with Gasteiger partial charge in [-0.05, 0) is 30.0 Å². The SMILES string of the molecule is Cc1ccc2c(C(C)C)c(Cl)cnc2c1. The Bertz CT molecular complexity index is 503. The highest BCUT2D eigenvalue weighted by Crippen LogP contribution is 2.30. The largest absolute Gasteiger partial charge is 0.255 e. The van der Waals surface area contributed by atoms with E-state index >= 15 is 0 Å². The monoisotopic (exact) mass is 219 g/mol. The third-order valence-corrected chi connectivity index (χ3v) is 2.90. The summed E-state index contributed by atoms with van der Waals surface area (Å²) >= 11 is 6.18. The Morgan fingerprint density at radius 2 is 2.00 bits per heavy atom. The molecule has 2 rings (SSSR count). The highest BCUT2D eigenvalue weighted by atomic mass is 35.5. The molecule has 15 heavy (non-hydrogen) atoms. The van der Waals surface area contributed by atoms with Crippen LogP contribution in [0.3, 0.4) is 0 Å². The van der Waals surface area contributed by atoms with Crippen LogP contribution in [0.4, 0.5) is 0 Å². The third kappa shape index (κ3) is 1.84. The molecule has 0 fully saturated rings. The number of pyridine rings is 1. The first kappa shape index (κ1) is 10.4. The molecule has 0 radical (unpaired) electrons. The minimum absolute atomic E-state index is 0.422. The van der Waals surface area contributed by atoms with E-state index in [1.165, 1.54) is 16.5 Å². The summed E-state index contributed by atoms with van der Waals surface area (Å²) in [6, 6.07) is 6.31. The molecule has 0 atom stereocenters. The van der Waals surface area contributed by atoms with Gasteiger partial charge in [0.1, 0.15) is 0 Å². The number of aryl methyl sites for hydroxylation is 1. The molecule has 0 amide bonds. The fourth-order valence-electron chi connectivity index (χ4n) is 1.89. The first-order chi connectivity index (χ1) is 7.09. The Hall–Kier alpha value is -1.08. The predicted molar refractivity (Wildman–Crippen MR) is 65.6 cm³/mol. The van der Waals surface area contributed by atoms with Crippen LogP contribution in [0.5, 0.6) is 0 Å². The smallest absolute Gasteiger partial charge is 0.0708 e. The molecule has 1 aromatic heterocycles. The predicted octanol–water partition coefficient (Wildman–Crippen LogP) is 4.32. The van der Waals surface area contributed by atoms with Crippen molar-refractivity contribution in [2.45, 2.75) is 26.7 Å². The molecule has 78 valence electrons. The summed E-state index contributed by atoms with van der Waals surface area (Å²) in [5.41, 5.74) is 3.46. The average Bonchev–Trinajstić information content (AvgIpc) is 2.17. The van der Waals surface area contributed by atoms with Gasteiger partial charge in [0.15, 0.2) is 0 Å². The Morgan fingerprint density at radius 3 is 2.67 bits per heavy atom.